The van der Waals surface area contributed by atoms with Crippen LogP contribution in [0.25, 0.3) is 5.70 Å². The van der Waals surface area contributed by atoms with E-state index in [0.29, 0.717) is 5.56 Å². The van der Waals surface area contributed by atoms with Crippen LogP contribution in [0.3, 0.4) is 0 Å². The number of benzene rings is 2. The van der Waals surface area contributed by atoms with Gasteiger partial charge in [0.05, 0.1) is 16.9 Å². The minimum absolute atomic E-state index is 0.00334. The Hall–Kier alpha value is -2.76. The predicted molar refractivity (Wildman–Crippen MR) is 102 cm³/mol. The molecule has 0 unspecified atom stereocenters. The first-order valence-electron chi connectivity index (χ1n) is 7.97. The summed E-state index contributed by atoms with van der Waals surface area (Å²) in [5, 5.41) is 5.81. The lowest BCUT2D eigenvalue weighted by molar-refractivity contribution is -0.137. The number of anilines is 1. The Kier molecular flexibility index (Phi) is 7.85. The third kappa shape index (κ3) is 7.10. The number of alkyl halides is 3. The lowest BCUT2D eigenvalue weighted by Crippen LogP contribution is -2.25. The Morgan fingerprint density at radius 1 is 1.04 bits per heavy atom. The molecule has 0 aliphatic rings. The highest BCUT2D eigenvalue weighted by Gasteiger charge is 2.30. The zero-order valence-corrected chi connectivity index (χ0v) is 16.0. The van der Waals surface area contributed by atoms with Crippen molar-refractivity contribution in [1.29, 1.82) is 0 Å². The molecule has 0 bridgehead atoms. The number of hydrazine groups is 1. The topological polar surface area (TPSA) is 125 Å². The Labute approximate surface area is 161 Å². The van der Waals surface area contributed by atoms with E-state index in [2.05, 4.69) is 4.18 Å². The van der Waals surface area contributed by atoms with E-state index in [4.69, 9.17) is 16.7 Å². The van der Waals surface area contributed by atoms with E-state index in [9.17, 15) is 21.6 Å². The lowest BCUT2D eigenvalue weighted by Gasteiger charge is -2.16. The maximum Gasteiger partial charge on any atom is 0.416 e. The fraction of sp³-hybridized carbons (Fsp3) is 0.176. The zero-order valence-electron chi connectivity index (χ0n) is 15.1. The van der Waals surface area contributed by atoms with Crippen molar-refractivity contribution in [3.05, 3.63) is 65.9 Å². The maximum absolute atomic E-state index is 12.6. The fourth-order valence-electron chi connectivity index (χ4n) is 1.96. The van der Waals surface area contributed by atoms with Gasteiger partial charge in [-0.2, -0.15) is 26.7 Å². The monoisotopic (exact) mass is 418 g/mol. The largest absolute Gasteiger partial charge is 0.416 e. The van der Waals surface area contributed by atoms with E-state index in [1.54, 1.807) is 0 Å². The highest BCUT2D eigenvalue weighted by Crippen LogP contribution is 2.30. The molecule has 0 aromatic heterocycles. The molecule has 0 saturated heterocycles. The summed E-state index contributed by atoms with van der Waals surface area (Å²) in [4.78, 5) is 0. The van der Waals surface area contributed by atoms with Crippen LogP contribution in [0.2, 0.25) is 0 Å². The molecule has 0 fully saturated rings. The molecule has 0 spiro atoms. The summed E-state index contributed by atoms with van der Waals surface area (Å²) in [7, 11) is -4.13. The van der Waals surface area contributed by atoms with Crippen LogP contribution >= 0.6 is 0 Å². The van der Waals surface area contributed by atoms with Gasteiger partial charge >= 0.3 is 16.5 Å². The Balaban J connectivity index is 0.00000190. The van der Waals surface area contributed by atoms with E-state index in [-0.39, 0.29) is 17.1 Å². The molecular formula is C17H21F3N4O3S. The number of hydrogen-bond acceptors (Lipinski definition) is 6. The molecule has 0 aliphatic carbocycles. The number of nitrogens with two attached hydrogens (primary N) is 3. The van der Waals surface area contributed by atoms with Crippen molar-refractivity contribution in [3.63, 3.8) is 0 Å². The quantitative estimate of drug-likeness (QED) is 0.506. The van der Waals surface area contributed by atoms with Crippen LogP contribution in [-0.4, -0.2) is 8.42 Å². The molecule has 0 aliphatic heterocycles. The molecule has 6 N–H and O–H groups in total. The second kappa shape index (κ2) is 9.44. The van der Waals surface area contributed by atoms with Crippen molar-refractivity contribution < 1.29 is 25.8 Å². The third-order valence-corrected chi connectivity index (χ3v) is 3.60. The smallest absolute Gasteiger partial charge is 0.397 e. The number of rotatable bonds is 5. The van der Waals surface area contributed by atoms with Crippen molar-refractivity contribution in [2.75, 3.05) is 5.01 Å². The van der Waals surface area contributed by atoms with E-state index in [0.717, 1.165) is 17.1 Å². The first-order chi connectivity index (χ1) is 13.0. The van der Waals surface area contributed by atoms with Crippen LogP contribution < -0.4 is 25.9 Å². The summed E-state index contributed by atoms with van der Waals surface area (Å²) in [6.45, 7) is 4.00. The van der Waals surface area contributed by atoms with Gasteiger partial charge in [0.15, 0.2) is 0 Å². The van der Waals surface area contributed by atoms with Gasteiger partial charge in [-0.3, -0.25) is 5.01 Å². The van der Waals surface area contributed by atoms with Gasteiger partial charge in [0.2, 0.25) is 0 Å². The van der Waals surface area contributed by atoms with Crippen LogP contribution in [0.15, 0.2) is 54.7 Å². The van der Waals surface area contributed by atoms with Crippen molar-refractivity contribution in [1.82, 2.24) is 0 Å². The van der Waals surface area contributed by atoms with Gasteiger partial charge in [-0.15, -0.1) is 0 Å². The molecular weight excluding hydrogens is 397 g/mol. The first-order valence-corrected chi connectivity index (χ1v) is 9.44. The molecule has 0 heterocycles. The molecule has 154 valence electrons. The van der Waals surface area contributed by atoms with E-state index < -0.39 is 22.0 Å². The average Bonchev–Trinajstić information content (AvgIpc) is 2.62. The average molecular weight is 418 g/mol. The van der Waals surface area contributed by atoms with Crippen molar-refractivity contribution in [2.24, 2.45) is 16.7 Å². The Bertz CT molecular complexity index is 897. The minimum atomic E-state index is -4.44. The summed E-state index contributed by atoms with van der Waals surface area (Å²) >= 11 is 0. The van der Waals surface area contributed by atoms with E-state index >= 15 is 0 Å². The molecule has 0 amide bonds. The van der Waals surface area contributed by atoms with Crippen LogP contribution in [0.1, 0.15) is 25.0 Å². The highest BCUT2D eigenvalue weighted by atomic mass is 32.2. The highest BCUT2D eigenvalue weighted by molar-refractivity contribution is 7.84. The van der Waals surface area contributed by atoms with Gasteiger partial charge < -0.3 is 9.92 Å². The third-order valence-electron chi connectivity index (χ3n) is 3.17. The van der Waals surface area contributed by atoms with Crippen LogP contribution in [0, 0.1) is 0 Å². The standard InChI is InChI=1S/C15H15F3N4O3S.C2H6/c16-15(17,18)11-3-5-12(6-4-11)22(20)9-14(19)10-1-7-13(8-2-10)25-26(21,23)24;1-2/h1-9H,19-20H2,(H2,21,23,24);1-2H3/b14-9-;. The zero-order chi connectivity index (χ0) is 21.5. The van der Waals surface area contributed by atoms with Gasteiger partial charge in [-0.25, -0.2) is 5.84 Å². The molecule has 0 atom stereocenters. The molecule has 0 saturated carbocycles. The molecule has 2 rings (SSSR count). The predicted octanol–water partition coefficient (Wildman–Crippen LogP) is 2.95. The summed E-state index contributed by atoms with van der Waals surface area (Å²) in [5.41, 5.74) is 6.05. The molecule has 0 radical (unpaired) electrons. The molecule has 11 heteroatoms. The van der Waals surface area contributed by atoms with Gasteiger partial charge in [-0.1, -0.05) is 13.8 Å². The first kappa shape index (κ1) is 23.3. The molecule has 2 aromatic carbocycles. The molecule has 2 aromatic rings. The fourth-order valence-corrected chi connectivity index (χ4v) is 2.34. The summed E-state index contributed by atoms with van der Waals surface area (Å²) in [6, 6.07) is 9.81. The number of nitrogens with zero attached hydrogens (tertiary/aromatic N) is 1. The minimum Gasteiger partial charge on any atom is -0.397 e. The molecule has 7 nitrogen and oxygen atoms in total. The SMILES string of the molecule is CC.N/C(=C\N(N)c1ccc(C(F)(F)F)cc1)c1ccc(OS(N)(=O)=O)cc1. The van der Waals surface area contributed by atoms with Crippen molar-refractivity contribution in [2.45, 2.75) is 20.0 Å². The van der Waals surface area contributed by atoms with Crippen molar-refractivity contribution in [3.8, 4) is 5.75 Å². The van der Waals surface area contributed by atoms with E-state index in [1.165, 1.54) is 42.6 Å². The Morgan fingerprint density at radius 2 is 1.54 bits per heavy atom. The normalized spacial score (nSPS) is 12.0. The maximum atomic E-state index is 12.6. The van der Waals surface area contributed by atoms with Crippen LogP contribution in [0.4, 0.5) is 18.9 Å². The second-order valence-electron chi connectivity index (χ2n) is 5.14. The summed E-state index contributed by atoms with van der Waals surface area (Å²) < 4.78 is 63.8. The number of halogens is 3. The van der Waals surface area contributed by atoms with E-state index in [1.807, 2.05) is 13.8 Å². The Morgan fingerprint density at radius 3 is 1.96 bits per heavy atom. The molecule has 28 heavy (non-hydrogen) atoms. The van der Waals surface area contributed by atoms with Crippen LogP contribution in [-0.2, 0) is 16.5 Å². The second-order valence-corrected chi connectivity index (χ2v) is 6.29. The van der Waals surface area contributed by atoms with Gasteiger partial charge in [-0.05, 0) is 54.1 Å². The number of hydrogen-bond donors (Lipinski definition) is 3. The summed E-state index contributed by atoms with van der Waals surface area (Å²) in [5.74, 6) is 5.78. The van der Waals surface area contributed by atoms with Gasteiger partial charge in [0.25, 0.3) is 0 Å². The van der Waals surface area contributed by atoms with Gasteiger partial charge in [0, 0.05) is 6.20 Å². The van der Waals surface area contributed by atoms with Crippen molar-refractivity contribution >= 4 is 21.7 Å². The van der Waals surface area contributed by atoms with Gasteiger partial charge in [0.1, 0.15) is 5.75 Å². The lowest BCUT2D eigenvalue weighted by atomic mass is 10.1. The summed E-state index contributed by atoms with van der Waals surface area (Å²) in [6.07, 6.45) is -3.13. The van der Waals surface area contributed by atoms with Crippen LogP contribution in [0.5, 0.6) is 5.75 Å².